The normalized spacial score (nSPS) is 10.2. The van der Waals surface area contributed by atoms with Crippen molar-refractivity contribution in [1.29, 1.82) is 0 Å². The summed E-state index contributed by atoms with van der Waals surface area (Å²) in [7, 11) is 1.51. The van der Waals surface area contributed by atoms with Crippen LogP contribution >= 0.6 is 0 Å². The average molecular weight is 378 g/mol. The van der Waals surface area contributed by atoms with Gasteiger partial charge >= 0.3 is 0 Å². The molecule has 0 saturated heterocycles. The number of aromatic nitrogens is 1. The van der Waals surface area contributed by atoms with E-state index >= 15 is 0 Å². The van der Waals surface area contributed by atoms with E-state index in [0.717, 1.165) is 0 Å². The van der Waals surface area contributed by atoms with E-state index in [9.17, 15) is 14.9 Å². The van der Waals surface area contributed by atoms with Crippen LogP contribution in [0.25, 0.3) is 11.3 Å². The van der Waals surface area contributed by atoms with Crippen LogP contribution in [0.2, 0.25) is 0 Å². The third kappa shape index (κ3) is 4.24. The van der Waals surface area contributed by atoms with E-state index in [2.05, 4.69) is 15.6 Å². The summed E-state index contributed by atoms with van der Waals surface area (Å²) in [5, 5.41) is 17.2. The van der Waals surface area contributed by atoms with E-state index in [1.165, 1.54) is 26.2 Å². The topological polar surface area (TPSA) is 106 Å². The summed E-state index contributed by atoms with van der Waals surface area (Å²) in [6, 6.07) is 17.1. The number of benzene rings is 2. The molecule has 1 amide bonds. The van der Waals surface area contributed by atoms with Gasteiger partial charge in [-0.2, -0.15) is 0 Å². The molecule has 8 heteroatoms. The first-order chi connectivity index (χ1) is 13.5. The lowest BCUT2D eigenvalue weighted by Gasteiger charge is -2.13. The van der Waals surface area contributed by atoms with Crippen molar-refractivity contribution in [3.05, 3.63) is 70.8 Å². The maximum atomic E-state index is 11.4. The molecular weight excluding hydrogens is 360 g/mol. The number of carbonyl (C=O) groups excluding carboxylic acids is 1. The van der Waals surface area contributed by atoms with Crippen molar-refractivity contribution in [1.82, 2.24) is 4.98 Å². The first kappa shape index (κ1) is 18.8. The fraction of sp³-hybridized carbons (Fsp3) is 0.100. The first-order valence-corrected chi connectivity index (χ1v) is 8.41. The number of nitro groups is 1. The molecule has 0 saturated carbocycles. The molecule has 28 heavy (non-hydrogen) atoms. The van der Waals surface area contributed by atoms with Gasteiger partial charge < -0.3 is 15.4 Å². The summed E-state index contributed by atoms with van der Waals surface area (Å²) in [4.78, 5) is 26.7. The number of ether oxygens (including phenoxy) is 1. The molecule has 8 nitrogen and oxygen atoms in total. The number of methoxy groups -OCH3 is 1. The molecule has 2 aromatic carbocycles. The average Bonchev–Trinajstić information content (AvgIpc) is 2.68. The van der Waals surface area contributed by atoms with Gasteiger partial charge in [-0.15, -0.1) is 0 Å². The molecule has 2 N–H and O–H groups in total. The lowest BCUT2D eigenvalue weighted by atomic mass is 10.1. The maximum absolute atomic E-state index is 11.4. The third-order valence-electron chi connectivity index (χ3n) is 3.90. The Hall–Kier alpha value is -3.94. The van der Waals surface area contributed by atoms with Gasteiger partial charge in [0.05, 0.1) is 17.7 Å². The number of hydrogen-bond acceptors (Lipinski definition) is 6. The highest BCUT2D eigenvalue weighted by Crippen LogP contribution is 2.32. The van der Waals surface area contributed by atoms with Crippen LogP contribution in [-0.4, -0.2) is 22.9 Å². The lowest BCUT2D eigenvalue weighted by molar-refractivity contribution is -0.384. The van der Waals surface area contributed by atoms with Crippen LogP contribution in [0, 0.1) is 10.1 Å². The molecule has 0 aliphatic rings. The fourth-order valence-corrected chi connectivity index (χ4v) is 2.70. The highest BCUT2D eigenvalue weighted by Gasteiger charge is 2.18. The van der Waals surface area contributed by atoms with Crippen LogP contribution in [-0.2, 0) is 4.79 Å². The number of pyridine rings is 1. The van der Waals surface area contributed by atoms with Crippen molar-refractivity contribution in [2.24, 2.45) is 0 Å². The number of rotatable bonds is 6. The molecule has 0 spiro atoms. The summed E-state index contributed by atoms with van der Waals surface area (Å²) in [5.74, 6) is 0.723. The number of carbonyl (C=O) groups is 1. The van der Waals surface area contributed by atoms with Crippen molar-refractivity contribution in [2.45, 2.75) is 6.92 Å². The van der Waals surface area contributed by atoms with Crippen LogP contribution < -0.4 is 15.4 Å². The van der Waals surface area contributed by atoms with E-state index in [0.29, 0.717) is 28.5 Å². The molecular formula is C20H18N4O4. The van der Waals surface area contributed by atoms with Gasteiger partial charge in [-0.25, -0.2) is 4.98 Å². The second kappa shape index (κ2) is 8.17. The lowest BCUT2D eigenvalue weighted by Crippen LogP contribution is -2.07. The van der Waals surface area contributed by atoms with Crippen LogP contribution in [0.1, 0.15) is 6.92 Å². The molecule has 1 heterocycles. The number of amides is 1. The van der Waals surface area contributed by atoms with Gasteiger partial charge in [-0.3, -0.25) is 14.9 Å². The van der Waals surface area contributed by atoms with Gasteiger partial charge in [0.25, 0.3) is 5.69 Å². The maximum Gasteiger partial charge on any atom is 0.295 e. The van der Waals surface area contributed by atoms with Crippen LogP contribution in [0.5, 0.6) is 5.75 Å². The molecule has 142 valence electrons. The van der Waals surface area contributed by atoms with E-state index < -0.39 is 4.92 Å². The molecule has 1 aromatic heterocycles. The number of hydrogen-bond donors (Lipinski definition) is 2. The second-order valence-electron chi connectivity index (χ2n) is 5.91. The molecule has 0 aliphatic heterocycles. The smallest absolute Gasteiger partial charge is 0.295 e. The number of anilines is 3. The monoisotopic (exact) mass is 378 g/mol. The van der Waals surface area contributed by atoms with Gasteiger partial charge in [0.1, 0.15) is 11.6 Å². The summed E-state index contributed by atoms with van der Waals surface area (Å²) in [5.41, 5.74) is 1.98. The number of nitrogens with one attached hydrogen (secondary N) is 2. The van der Waals surface area contributed by atoms with E-state index in [1.54, 1.807) is 42.5 Å². The SMILES string of the molecule is COc1ccc(Nc2ccc([N+](=O)[O-])c(-c3ccccc3)n2)cc1NC(C)=O. The molecule has 0 aliphatic carbocycles. The molecule has 0 radical (unpaired) electrons. The zero-order chi connectivity index (χ0) is 20.1. The second-order valence-corrected chi connectivity index (χ2v) is 5.91. The van der Waals surface area contributed by atoms with Gasteiger partial charge in [-0.1, -0.05) is 30.3 Å². The van der Waals surface area contributed by atoms with Gasteiger partial charge in [0.15, 0.2) is 5.69 Å². The zero-order valence-corrected chi connectivity index (χ0v) is 15.3. The fourth-order valence-electron chi connectivity index (χ4n) is 2.70. The summed E-state index contributed by atoms with van der Waals surface area (Å²) in [6.07, 6.45) is 0. The Morgan fingerprint density at radius 2 is 1.86 bits per heavy atom. The highest BCUT2D eigenvalue weighted by atomic mass is 16.6. The minimum absolute atomic E-state index is 0.0783. The zero-order valence-electron chi connectivity index (χ0n) is 15.3. The van der Waals surface area contributed by atoms with Crippen LogP contribution in [0.4, 0.5) is 22.9 Å². The minimum Gasteiger partial charge on any atom is -0.495 e. The Morgan fingerprint density at radius 1 is 1.11 bits per heavy atom. The summed E-state index contributed by atoms with van der Waals surface area (Å²) < 4.78 is 5.24. The van der Waals surface area contributed by atoms with Crippen LogP contribution in [0.3, 0.4) is 0 Å². The van der Waals surface area contributed by atoms with Crippen molar-refractivity contribution < 1.29 is 14.5 Å². The van der Waals surface area contributed by atoms with E-state index in [4.69, 9.17) is 4.74 Å². The van der Waals surface area contributed by atoms with E-state index in [1.807, 2.05) is 6.07 Å². The van der Waals surface area contributed by atoms with Gasteiger partial charge in [-0.05, 0) is 24.3 Å². The molecule has 3 aromatic rings. The van der Waals surface area contributed by atoms with Crippen molar-refractivity contribution >= 4 is 28.8 Å². The quantitative estimate of drug-likeness (QED) is 0.487. The van der Waals surface area contributed by atoms with Crippen LogP contribution in [0.15, 0.2) is 60.7 Å². The van der Waals surface area contributed by atoms with E-state index in [-0.39, 0.29) is 17.3 Å². The summed E-state index contributed by atoms with van der Waals surface area (Å²) in [6.45, 7) is 1.41. The highest BCUT2D eigenvalue weighted by molar-refractivity contribution is 5.91. The van der Waals surface area contributed by atoms with Crippen molar-refractivity contribution in [2.75, 3.05) is 17.7 Å². The van der Waals surface area contributed by atoms with Gasteiger partial charge in [0.2, 0.25) is 5.91 Å². The predicted octanol–water partition coefficient (Wildman–Crippen LogP) is 4.37. The van der Waals surface area contributed by atoms with Crippen molar-refractivity contribution in [3.63, 3.8) is 0 Å². The largest absolute Gasteiger partial charge is 0.495 e. The Kier molecular flexibility index (Phi) is 5.50. The molecule has 0 bridgehead atoms. The Morgan fingerprint density at radius 3 is 2.50 bits per heavy atom. The number of nitrogens with zero attached hydrogens (tertiary/aromatic N) is 2. The van der Waals surface area contributed by atoms with Gasteiger partial charge in [0, 0.05) is 24.2 Å². The Balaban J connectivity index is 1.97. The van der Waals surface area contributed by atoms with Crippen molar-refractivity contribution in [3.8, 4) is 17.0 Å². The Bertz CT molecular complexity index is 1020. The predicted molar refractivity (Wildman–Crippen MR) is 107 cm³/mol. The Labute approximate surface area is 161 Å². The molecule has 0 atom stereocenters. The molecule has 3 rings (SSSR count). The molecule has 0 unspecified atom stereocenters. The third-order valence-corrected chi connectivity index (χ3v) is 3.90. The standard InChI is InChI=1S/C20H18N4O4/c1-13(25)21-16-12-15(8-10-18(16)28-2)22-19-11-9-17(24(26)27)20(23-19)14-6-4-3-5-7-14/h3-12H,1-2H3,(H,21,25)(H,22,23). The first-order valence-electron chi connectivity index (χ1n) is 8.41. The minimum atomic E-state index is -0.457. The summed E-state index contributed by atoms with van der Waals surface area (Å²) >= 11 is 0. The molecule has 0 fully saturated rings.